The SMILES string of the molecule is NCC1(c2nccc(-c3ccc(Cl)s3)n2)CC1. The normalized spacial score (nSPS) is 17.1. The van der Waals surface area contributed by atoms with Gasteiger partial charge in [-0.3, -0.25) is 0 Å². The van der Waals surface area contributed by atoms with Gasteiger partial charge in [0.05, 0.1) is 14.9 Å². The summed E-state index contributed by atoms with van der Waals surface area (Å²) in [4.78, 5) is 10.1. The van der Waals surface area contributed by atoms with Crippen LogP contribution in [0.3, 0.4) is 0 Å². The molecule has 3 rings (SSSR count). The molecule has 0 unspecified atom stereocenters. The van der Waals surface area contributed by atoms with Gasteiger partial charge in [0.2, 0.25) is 0 Å². The molecule has 0 saturated heterocycles. The predicted octanol–water partition coefficient (Wildman–Crippen LogP) is 2.85. The molecule has 0 spiro atoms. The number of hydrogen-bond acceptors (Lipinski definition) is 4. The number of nitrogens with zero attached hydrogens (tertiary/aromatic N) is 2. The molecule has 0 amide bonds. The highest BCUT2D eigenvalue weighted by molar-refractivity contribution is 7.19. The van der Waals surface area contributed by atoms with Crippen LogP contribution in [0.2, 0.25) is 4.34 Å². The molecule has 0 aliphatic heterocycles. The van der Waals surface area contributed by atoms with E-state index in [-0.39, 0.29) is 5.41 Å². The van der Waals surface area contributed by atoms with Gasteiger partial charge < -0.3 is 5.73 Å². The maximum Gasteiger partial charge on any atom is 0.136 e. The number of halogens is 1. The van der Waals surface area contributed by atoms with Gasteiger partial charge in [-0.15, -0.1) is 11.3 Å². The lowest BCUT2D eigenvalue weighted by Gasteiger charge is -2.10. The second kappa shape index (κ2) is 4.05. The summed E-state index contributed by atoms with van der Waals surface area (Å²) in [6, 6.07) is 5.79. The van der Waals surface area contributed by atoms with Crippen molar-refractivity contribution in [3.05, 3.63) is 34.6 Å². The van der Waals surface area contributed by atoms with Crippen LogP contribution in [-0.4, -0.2) is 16.5 Å². The second-order valence-electron chi connectivity index (χ2n) is 4.35. The van der Waals surface area contributed by atoms with E-state index in [1.807, 2.05) is 18.2 Å². The molecule has 0 radical (unpaired) electrons. The zero-order valence-electron chi connectivity index (χ0n) is 9.19. The van der Waals surface area contributed by atoms with E-state index in [1.54, 1.807) is 6.20 Å². The smallest absolute Gasteiger partial charge is 0.136 e. The van der Waals surface area contributed by atoms with Crippen molar-refractivity contribution in [2.24, 2.45) is 5.73 Å². The number of aromatic nitrogens is 2. The van der Waals surface area contributed by atoms with Crippen molar-refractivity contribution in [1.82, 2.24) is 9.97 Å². The monoisotopic (exact) mass is 265 g/mol. The standard InChI is InChI=1S/C12H12ClN3S/c13-10-2-1-9(17-10)8-3-6-15-11(16-8)12(7-14)4-5-12/h1-3,6H,4-5,7,14H2. The Hall–Kier alpha value is -0.970. The van der Waals surface area contributed by atoms with E-state index in [4.69, 9.17) is 17.3 Å². The number of rotatable bonds is 3. The van der Waals surface area contributed by atoms with Gasteiger partial charge in [0, 0.05) is 18.2 Å². The number of nitrogens with two attached hydrogens (primary N) is 1. The lowest BCUT2D eigenvalue weighted by Crippen LogP contribution is -2.22. The first kappa shape index (κ1) is 11.1. The first-order chi connectivity index (χ1) is 8.23. The van der Waals surface area contributed by atoms with E-state index >= 15 is 0 Å². The Kier molecular flexibility index (Phi) is 2.65. The summed E-state index contributed by atoms with van der Waals surface area (Å²) < 4.78 is 0.778. The summed E-state index contributed by atoms with van der Waals surface area (Å²) in [5.41, 5.74) is 6.77. The van der Waals surface area contributed by atoms with E-state index in [0.717, 1.165) is 33.6 Å². The van der Waals surface area contributed by atoms with Crippen LogP contribution in [0.4, 0.5) is 0 Å². The molecule has 88 valence electrons. The van der Waals surface area contributed by atoms with Crippen molar-refractivity contribution in [1.29, 1.82) is 0 Å². The lowest BCUT2D eigenvalue weighted by molar-refractivity contribution is 0.649. The summed E-state index contributed by atoms with van der Waals surface area (Å²) >= 11 is 7.47. The third-order valence-electron chi connectivity index (χ3n) is 3.20. The van der Waals surface area contributed by atoms with Gasteiger partial charge in [0.25, 0.3) is 0 Å². The molecule has 1 saturated carbocycles. The molecule has 0 bridgehead atoms. The maximum absolute atomic E-state index is 5.93. The molecule has 0 atom stereocenters. The zero-order valence-corrected chi connectivity index (χ0v) is 10.8. The fourth-order valence-corrected chi connectivity index (χ4v) is 2.89. The van der Waals surface area contributed by atoms with Crippen molar-refractivity contribution in [2.75, 3.05) is 6.54 Å². The van der Waals surface area contributed by atoms with Gasteiger partial charge in [0.15, 0.2) is 0 Å². The molecule has 17 heavy (non-hydrogen) atoms. The third-order valence-corrected chi connectivity index (χ3v) is 4.45. The minimum absolute atomic E-state index is 0.0388. The van der Waals surface area contributed by atoms with Gasteiger partial charge in [-0.1, -0.05) is 11.6 Å². The molecule has 2 N–H and O–H groups in total. The highest BCUT2D eigenvalue weighted by atomic mass is 35.5. The van der Waals surface area contributed by atoms with Gasteiger partial charge in [0.1, 0.15) is 5.82 Å². The molecule has 3 nitrogen and oxygen atoms in total. The fourth-order valence-electron chi connectivity index (χ4n) is 1.87. The summed E-state index contributed by atoms with van der Waals surface area (Å²) in [6.45, 7) is 0.627. The summed E-state index contributed by atoms with van der Waals surface area (Å²) in [5.74, 6) is 0.877. The molecular formula is C12H12ClN3S. The Morgan fingerprint density at radius 2 is 2.18 bits per heavy atom. The molecule has 1 fully saturated rings. The average Bonchev–Trinajstić information content (AvgIpc) is 3.06. The van der Waals surface area contributed by atoms with Crippen LogP contribution in [0.1, 0.15) is 18.7 Å². The van der Waals surface area contributed by atoms with Gasteiger partial charge in [-0.25, -0.2) is 9.97 Å². The van der Waals surface area contributed by atoms with E-state index < -0.39 is 0 Å². The second-order valence-corrected chi connectivity index (χ2v) is 6.07. The molecular weight excluding hydrogens is 254 g/mol. The predicted molar refractivity (Wildman–Crippen MR) is 70.3 cm³/mol. The zero-order chi connectivity index (χ0) is 11.9. The Bertz CT molecular complexity index is 548. The van der Waals surface area contributed by atoms with Crippen molar-refractivity contribution < 1.29 is 0 Å². The van der Waals surface area contributed by atoms with Gasteiger partial charge in [-0.05, 0) is 31.0 Å². The summed E-state index contributed by atoms with van der Waals surface area (Å²) in [5, 5.41) is 0. The first-order valence-corrected chi connectivity index (χ1v) is 6.72. The van der Waals surface area contributed by atoms with Crippen LogP contribution in [0.25, 0.3) is 10.6 Å². The number of thiophene rings is 1. The number of hydrogen-bond donors (Lipinski definition) is 1. The van der Waals surface area contributed by atoms with E-state index in [9.17, 15) is 0 Å². The fraction of sp³-hybridized carbons (Fsp3) is 0.333. The quantitative estimate of drug-likeness (QED) is 0.928. The van der Waals surface area contributed by atoms with Crippen LogP contribution in [0.15, 0.2) is 24.4 Å². The van der Waals surface area contributed by atoms with Crippen molar-refractivity contribution >= 4 is 22.9 Å². The topological polar surface area (TPSA) is 51.8 Å². The summed E-state index contributed by atoms with van der Waals surface area (Å²) in [7, 11) is 0. The molecule has 2 aromatic rings. The molecule has 2 heterocycles. The van der Waals surface area contributed by atoms with Crippen LogP contribution in [0, 0.1) is 0 Å². The molecule has 5 heteroatoms. The average molecular weight is 266 g/mol. The minimum atomic E-state index is 0.0388. The molecule has 0 aromatic carbocycles. The van der Waals surface area contributed by atoms with Crippen molar-refractivity contribution in [3.8, 4) is 10.6 Å². The van der Waals surface area contributed by atoms with Crippen LogP contribution >= 0.6 is 22.9 Å². The summed E-state index contributed by atoms with van der Waals surface area (Å²) in [6.07, 6.45) is 4.00. The van der Waals surface area contributed by atoms with E-state index in [0.29, 0.717) is 6.54 Å². The third kappa shape index (κ3) is 1.97. The van der Waals surface area contributed by atoms with Crippen molar-refractivity contribution in [3.63, 3.8) is 0 Å². The van der Waals surface area contributed by atoms with E-state index in [1.165, 1.54) is 11.3 Å². The Morgan fingerprint density at radius 3 is 2.76 bits per heavy atom. The van der Waals surface area contributed by atoms with Crippen LogP contribution in [0.5, 0.6) is 0 Å². The highest BCUT2D eigenvalue weighted by Crippen LogP contribution is 2.45. The molecule has 1 aliphatic rings. The highest BCUT2D eigenvalue weighted by Gasteiger charge is 2.45. The Balaban J connectivity index is 2.00. The van der Waals surface area contributed by atoms with E-state index in [2.05, 4.69) is 9.97 Å². The Morgan fingerprint density at radius 1 is 1.35 bits per heavy atom. The van der Waals surface area contributed by atoms with Crippen LogP contribution < -0.4 is 5.73 Å². The first-order valence-electron chi connectivity index (χ1n) is 5.53. The minimum Gasteiger partial charge on any atom is -0.329 e. The largest absolute Gasteiger partial charge is 0.329 e. The maximum atomic E-state index is 5.93. The Labute approximate surface area is 109 Å². The molecule has 2 aromatic heterocycles. The van der Waals surface area contributed by atoms with Gasteiger partial charge in [-0.2, -0.15) is 0 Å². The van der Waals surface area contributed by atoms with Crippen LogP contribution in [-0.2, 0) is 5.41 Å². The van der Waals surface area contributed by atoms with Gasteiger partial charge >= 0.3 is 0 Å². The van der Waals surface area contributed by atoms with Crippen molar-refractivity contribution in [2.45, 2.75) is 18.3 Å². The lowest BCUT2D eigenvalue weighted by atomic mass is 10.1. The molecule has 1 aliphatic carbocycles.